The summed E-state index contributed by atoms with van der Waals surface area (Å²) >= 11 is 0. The molecule has 0 nitrogen and oxygen atoms in total. The van der Waals surface area contributed by atoms with Crippen LogP contribution in [0.3, 0.4) is 0 Å². The molecule has 0 bridgehead atoms. The molecule has 0 aromatic heterocycles. The van der Waals surface area contributed by atoms with Crippen LogP contribution in [0.4, 0.5) is 0 Å². The van der Waals surface area contributed by atoms with E-state index >= 15 is 0 Å². The van der Waals surface area contributed by atoms with Gasteiger partial charge in [0, 0.05) is 8.22 Å². The molecule has 0 saturated heterocycles. The van der Waals surface area contributed by atoms with Gasteiger partial charge in [-0.05, 0) is 36.4 Å². The largest absolute Gasteiger partial charge is 0.0625 e. The fraction of sp³-hybridized carbons (Fsp3) is 1.00. The van der Waals surface area contributed by atoms with E-state index in [0.717, 1.165) is 0 Å². The fourth-order valence-electron chi connectivity index (χ4n) is 1.55. The van der Waals surface area contributed by atoms with Crippen LogP contribution in [0.2, 0.25) is 0 Å². The summed E-state index contributed by atoms with van der Waals surface area (Å²) in [5.41, 5.74) is 0. The molecule has 2 unspecified atom stereocenters. The first-order valence-corrected chi connectivity index (χ1v) is 4.39. The zero-order valence-corrected chi connectivity index (χ0v) is 7.81. The maximum Gasteiger partial charge on any atom is 0.0270 e. The molecule has 0 radical (unpaired) electrons. The van der Waals surface area contributed by atoms with Crippen LogP contribution in [0, 0.1) is 23.7 Å². The highest BCUT2D eigenvalue weighted by Gasteiger charge is 2.31. The highest BCUT2D eigenvalue weighted by atomic mass is 14.4. The van der Waals surface area contributed by atoms with Crippen molar-refractivity contribution in [3.8, 4) is 0 Å². The Bertz CT molecular complexity index is 266. The molecule has 0 N–H and O–H groups in total. The third kappa shape index (κ3) is 1.98. The van der Waals surface area contributed by atoms with Gasteiger partial charge in [0.15, 0.2) is 0 Å². The summed E-state index contributed by atoms with van der Waals surface area (Å²) in [4.78, 5) is 0. The average Bonchev–Trinajstić information content (AvgIpc) is 2.20. The molecule has 0 spiro atoms. The van der Waals surface area contributed by atoms with Gasteiger partial charge < -0.3 is 0 Å². The van der Waals surface area contributed by atoms with Crippen LogP contribution in [0.5, 0.6) is 0 Å². The van der Waals surface area contributed by atoms with E-state index in [9.17, 15) is 0 Å². The van der Waals surface area contributed by atoms with E-state index in [-0.39, 0.29) is 11.8 Å². The lowest BCUT2D eigenvalue weighted by atomic mass is 9.80. The van der Waals surface area contributed by atoms with Crippen LogP contribution in [0.1, 0.15) is 55.0 Å². The molecule has 0 aliphatic heterocycles. The summed E-state index contributed by atoms with van der Waals surface area (Å²) in [7, 11) is 0. The molecule has 0 heteroatoms. The Labute approximate surface area is 79.8 Å². The van der Waals surface area contributed by atoms with Crippen molar-refractivity contribution in [2.45, 2.75) is 46.8 Å². The van der Waals surface area contributed by atoms with Crippen molar-refractivity contribution in [1.29, 1.82) is 0 Å². The van der Waals surface area contributed by atoms with E-state index in [4.69, 9.17) is 8.22 Å². The lowest BCUT2D eigenvalue weighted by molar-refractivity contribution is 0.235. The third-order valence-electron chi connectivity index (χ3n) is 2.30. The number of hydrogen-bond donors (Lipinski definition) is 0. The van der Waals surface area contributed by atoms with E-state index in [1.807, 2.05) is 27.7 Å². The van der Waals surface area contributed by atoms with Gasteiger partial charge in [0.2, 0.25) is 0 Å². The summed E-state index contributed by atoms with van der Waals surface area (Å²) in [5.74, 6) is -1.34. The molecule has 1 aliphatic carbocycles. The number of rotatable bonds is 2. The lowest BCUT2D eigenvalue weighted by Crippen LogP contribution is -2.18. The van der Waals surface area contributed by atoms with E-state index in [0.29, 0.717) is 0 Å². The summed E-state index contributed by atoms with van der Waals surface area (Å²) in [6, 6.07) is 0. The Hall–Kier alpha value is 0. The molecule has 1 rings (SSSR count). The average molecular weight is 160 g/mol. The Morgan fingerprint density at radius 2 is 1.36 bits per heavy atom. The summed E-state index contributed by atoms with van der Waals surface area (Å²) in [6.07, 6.45) is -6.69. The number of hydrogen-bond acceptors (Lipinski definition) is 0. The first-order chi connectivity index (χ1) is 7.39. The van der Waals surface area contributed by atoms with Crippen molar-refractivity contribution >= 4 is 0 Å². The predicted octanol–water partition coefficient (Wildman–Crippen LogP) is 3.71. The molecular formula is C11H22. The SMILES string of the molecule is [2H]C1([2H])C(C(C)C)C(C(C)C)C([2H])([2H])C1([2H])[2H]. The van der Waals surface area contributed by atoms with Gasteiger partial charge in [-0.2, -0.15) is 0 Å². The highest BCUT2D eigenvalue weighted by molar-refractivity contribution is 4.81. The molecule has 1 aliphatic rings. The second kappa shape index (κ2) is 3.60. The summed E-state index contributed by atoms with van der Waals surface area (Å²) in [5, 5.41) is 0. The van der Waals surface area contributed by atoms with E-state index in [1.54, 1.807) is 0 Å². The van der Waals surface area contributed by atoms with Gasteiger partial charge in [0.1, 0.15) is 0 Å². The Kier molecular flexibility index (Phi) is 1.25. The van der Waals surface area contributed by atoms with E-state index in [1.165, 1.54) is 0 Å². The van der Waals surface area contributed by atoms with Crippen LogP contribution < -0.4 is 0 Å². The van der Waals surface area contributed by atoms with Crippen LogP contribution in [-0.2, 0) is 0 Å². The molecule has 2 atom stereocenters. The smallest absolute Gasteiger partial charge is 0.0270 e. The molecule has 66 valence electrons. The fourth-order valence-corrected chi connectivity index (χ4v) is 1.55. The highest BCUT2D eigenvalue weighted by Crippen LogP contribution is 2.40. The first-order valence-electron chi connectivity index (χ1n) is 7.39. The Morgan fingerprint density at radius 1 is 1.00 bits per heavy atom. The minimum atomic E-state index is -2.44. The van der Waals surface area contributed by atoms with Crippen LogP contribution >= 0.6 is 0 Å². The van der Waals surface area contributed by atoms with E-state index in [2.05, 4.69) is 0 Å². The van der Waals surface area contributed by atoms with Gasteiger partial charge in [-0.3, -0.25) is 0 Å². The van der Waals surface area contributed by atoms with Gasteiger partial charge in [-0.15, -0.1) is 0 Å². The molecular weight excluding hydrogens is 132 g/mol. The monoisotopic (exact) mass is 160 g/mol. The van der Waals surface area contributed by atoms with Gasteiger partial charge in [0.05, 0.1) is 0 Å². The Balaban J connectivity index is 3.39. The Morgan fingerprint density at radius 3 is 1.64 bits per heavy atom. The van der Waals surface area contributed by atoms with Gasteiger partial charge in [-0.1, -0.05) is 34.1 Å². The minimum absolute atomic E-state index is 0.0787. The summed E-state index contributed by atoms with van der Waals surface area (Å²) < 4.78 is 47.7. The van der Waals surface area contributed by atoms with Crippen LogP contribution in [-0.4, -0.2) is 0 Å². The predicted molar refractivity (Wildman–Crippen MR) is 50.5 cm³/mol. The second-order valence-electron chi connectivity index (χ2n) is 3.95. The van der Waals surface area contributed by atoms with Crippen molar-refractivity contribution in [2.75, 3.05) is 0 Å². The maximum absolute atomic E-state index is 8.01. The molecule has 1 fully saturated rings. The zero-order chi connectivity index (χ0) is 13.8. The molecule has 11 heavy (non-hydrogen) atoms. The molecule has 0 amide bonds. The summed E-state index contributed by atoms with van der Waals surface area (Å²) in [6.45, 7) is 7.37. The van der Waals surface area contributed by atoms with Crippen molar-refractivity contribution in [3.05, 3.63) is 0 Å². The van der Waals surface area contributed by atoms with Gasteiger partial charge >= 0.3 is 0 Å². The van der Waals surface area contributed by atoms with Gasteiger partial charge in [-0.25, -0.2) is 0 Å². The quantitative estimate of drug-likeness (QED) is 0.577. The maximum atomic E-state index is 8.01. The topological polar surface area (TPSA) is 0 Å². The third-order valence-corrected chi connectivity index (χ3v) is 2.30. The molecule has 1 saturated carbocycles. The van der Waals surface area contributed by atoms with Crippen molar-refractivity contribution in [1.82, 2.24) is 0 Å². The molecule has 0 aromatic rings. The van der Waals surface area contributed by atoms with Crippen LogP contribution in [0.15, 0.2) is 0 Å². The molecule has 0 heterocycles. The minimum Gasteiger partial charge on any atom is -0.0625 e. The van der Waals surface area contributed by atoms with Crippen molar-refractivity contribution in [2.24, 2.45) is 23.7 Å². The lowest BCUT2D eigenvalue weighted by Gasteiger charge is -2.26. The zero-order valence-electron chi connectivity index (χ0n) is 13.8. The first kappa shape index (κ1) is 3.81. The molecule has 0 aromatic carbocycles. The van der Waals surface area contributed by atoms with E-state index < -0.39 is 31.0 Å². The van der Waals surface area contributed by atoms with Crippen LogP contribution in [0.25, 0.3) is 0 Å². The second-order valence-corrected chi connectivity index (χ2v) is 3.95. The van der Waals surface area contributed by atoms with Crippen molar-refractivity contribution in [3.63, 3.8) is 0 Å². The normalized spacial score (nSPS) is 54.0. The van der Waals surface area contributed by atoms with Gasteiger partial charge in [0.25, 0.3) is 0 Å². The standard InChI is InChI=1S/C11H22/c1-8(2)10-6-5-7-11(10)9(3)4/h8-11H,5-7H2,1-4H3/i5D2,6D2,7D2. The van der Waals surface area contributed by atoms with Crippen molar-refractivity contribution < 1.29 is 8.22 Å².